The molecule has 25 heavy (non-hydrogen) atoms. The number of rotatable bonds is 1. The Morgan fingerprint density at radius 2 is 1.72 bits per heavy atom. The molecule has 1 aromatic heterocycles. The number of furan rings is 1. The number of benzene rings is 3. The summed E-state index contributed by atoms with van der Waals surface area (Å²) in [5.74, 6) is 0. The molecule has 0 aliphatic carbocycles. The number of hydrogen-bond donors (Lipinski definition) is 0. The van der Waals surface area contributed by atoms with Gasteiger partial charge in [-0.1, -0.05) is 42.5 Å². The number of hydrogen-bond acceptors (Lipinski definition) is 3. The Bertz CT molecular complexity index is 1110. The molecule has 3 nitrogen and oxygen atoms in total. The molecule has 1 saturated heterocycles. The molecule has 1 atom stereocenters. The summed E-state index contributed by atoms with van der Waals surface area (Å²) in [6.45, 7) is 6.19. The number of para-hydroxylation sites is 1. The third-order valence-electron chi connectivity index (χ3n) is 5.37. The second-order valence-corrected chi connectivity index (χ2v) is 7.35. The molecule has 1 unspecified atom stereocenters. The van der Waals surface area contributed by atoms with Crippen LogP contribution in [0.5, 0.6) is 0 Å². The fraction of sp³-hybridized carbons (Fsp3) is 0.238. The Morgan fingerprint density at radius 3 is 2.52 bits per heavy atom. The maximum atomic E-state index is 6.12. The van der Waals surface area contributed by atoms with Gasteiger partial charge in [0.15, 0.2) is 0 Å². The van der Waals surface area contributed by atoms with Crippen LogP contribution in [0, 0.1) is 0 Å². The van der Waals surface area contributed by atoms with Crippen LogP contribution in [-0.2, 0) is 9.31 Å². The summed E-state index contributed by atoms with van der Waals surface area (Å²) < 4.78 is 18.2. The van der Waals surface area contributed by atoms with Crippen LogP contribution in [0.3, 0.4) is 0 Å². The van der Waals surface area contributed by atoms with Crippen molar-refractivity contribution >= 4 is 45.3 Å². The standard InChI is InChI=1S/C21H19BO3/c1-13-21(2,3)25-22(24-13)15-9-11-16-14(12-15)8-10-18-17-6-4-5-7-19(17)23-20(16)18/h4-13H,1-3H3. The van der Waals surface area contributed by atoms with Gasteiger partial charge in [0, 0.05) is 16.2 Å². The van der Waals surface area contributed by atoms with Gasteiger partial charge in [-0.05, 0) is 43.8 Å². The largest absolute Gasteiger partial charge is 0.494 e. The van der Waals surface area contributed by atoms with Crippen LogP contribution in [0.25, 0.3) is 32.7 Å². The Kier molecular flexibility index (Phi) is 3.06. The van der Waals surface area contributed by atoms with Crippen LogP contribution in [0.15, 0.2) is 59.0 Å². The predicted octanol–water partition coefficient (Wildman–Crippen LogP) is 4.65. The van der Waals surface area contributed by atoms with Crippen molar-refractivity contribution in [1.29, 1.82) is 0 Å². The average Bonchev–Trinajstić information content (AvgIpc) is 3.11. The van der Waals surface area contributed by atoms with Crippen LogP contribution >= 0.6 is 0 Å². The van der Waals surface area contributed by atoms with E-state index in [0.717, 1.165) is 38.2 Å². The zero-order chi connectivity index (χ0) is 17.2. The highest BCUT2D eigenvalue weighted by Crippen LogP contribution is 2.34. The van der Waals surface area contributed by atoms with Gasteiger partial charge in [-0.25, -0.2) is 0 Å². The van der Waals surface area contributed by atoms with E-state index in [-0.39, 0.29) is 18.8 Å². The first-order chi connectivity index (χ1) is 12.0. The van der Waals surface area contributed by atoms with Gasteiger partial charge in [-0.3, -0.25) is 0 Å². The minimum atomic E-state index is -0.319. The zero-order valence-electron chi connectivity index (χ0n) is 14.6. The summed E-state index contributed by atoms with van der Waals surface area (Å²) in [7, 11) is -0.319. The maximum absolute atomic E-state index is 6.12. The van der Waals surface area contributed by atoms with Crippen LogP contribution < -0.4 is 5.46 Å². The number of fused-ring (bicyclic) bond motifs is 5. The summed E-state index contributed by atoms with van der Waals surface area (Å²) in [6, 6.07) is 18.8. The highest BCUT2D eigenvalue weighted by atomic mass is 16.7. The first-order valence-electron chi connectivity index (χ1n) is 8.70. The Morgan fingerprint density at radius 1 is 0.920 bits per heavy atom. The quantitative estimate of drug-likeness (QED) is 0.476. The van der Waals surface area contributed by atoms with Crippen molar-refractivity contribution in [1.82, 2.24) is 0 Å². The van der Waals surface area contributed by atoms with E-state index in [1.165, 1.54) is 0 Å². The molecule has 0 amide bonds. The molecule has 0 spiro atoms. The lowest BCUT2D eigenvalue weighted by Crippen LogP contribution is -2.34. The molecule has 2 heterocycles. The lowest BCUT2D eigenvalue weighted by Gasteiger charge is -2.21. The van der Waals surface area contributed by atoms with Gasteiger partial charge in [-0.2, -0.15) is 0 Å². The molecule has 0 saturated carbocycles. The molecule has 4 heteroatoms. The maximum Gasteiger partial charge on any atom is 0.494 e. The van der Waals surface area contributed by atoms with Crippen LogP contribution in [0.2, 0.25) is 0 Å². The fourth-order valence-electron chi connectivity index (χ4n) is 3.57. The molecule has 4 aromatic rings. The van der Waals surface area contributed by atoms with Crippen molar-refractivity contribution in [2.24, 2.45) is 0 Å². The van der Waals surface area contributed by atoms with E-state index >= 15 is 0 Å². The van der Waals surface area contributed by atoms with Crippen molar-refractivity contribution in [3.8, 4) is 0 Å². The Hall–Kier alpha value is -2.30. The van der Waals surface area contributed by atoms with E-state index < -0.39 is 0 Å². The molecule has 5 rings (SSSR count). The normalized spacial score (nSPS) is 20.1. The Labute approximate surface area is 146 Å². The van der Waals surface area contributed by atoms with Crippen molar-refractivity contribution in [2.75, 3.05) is 0 Å². The van der Waals surface area contributed by atoms with E-state index in [1.54, 1.807) is 0 Å². The third-order valence-corrected chi connectivity index (χ3v) is 5.37. The van der Waals surface area contributed by atoms with Crippen LogP contribution in [-0.4, -0.2) is 18.8 Å². The third kappa shape index (κ3) is 2.21. The summed E-state index contributed by atoms with van der Waals surface area (Å²) >= 11 is 0. The summed E-state index contributed by atoms with van der Waals surface area (Å²) in [5, 5.41) is 4.55. The topological polar surface area (TPSA) is 31.6 Å². The van der Waals surface area contributed by atoms with E-state index in [1.807, 2.05) is 18.2 Å². The molecule has 124 valence electrons. The van der Waals surface area contributed by atoms with E-state index in [9.17, 15) is 0 Å². The Balaban J connectivity index is 1.66. The van der Waals surface area contributed by atoms with Crippen molar-refractivity contribution in [3.63, 3.8) is 0 Å². The predicted molar refractivity (Wildman–Crippen MR) is 102 cm³/mol. The minimum absolute atomic E-state index is 0.0612. The monoisotopic (exact) mass is 330 g/mol. The summed E-state index contributed by atoms with van der Waals surface area (Å²) in [4.78, 5) is 0. The molecule has 0 N–H and O–H groups in total. The van der Waals surface area contributed by atoms with Crippen molar-refractivity contribution in [3.05, 3.63) is 54.6 Å². The average molecular weight is 330 g/mol. The molecular weight excluding hydrogens is 311 g/mol. The molecule has 1 aliphatic rings. The summed E-state index contributed by atoms with van der Waals surface area (Å²) in [5.41, 5.74) is 2.63. The molecule has 3 aromatic carbocycles. The SMILES string of the molecule is CC1OB(c2ccc3c(ccc4c5ccccc5oc34)c2)OC1(C)C. The molecular formula is C21H19BO3. The van der Waals surface area contributed by atoms with E-state index in [4.69, 9.17) is 13.7 Å². The van der Waals surface area contributed by atoms with Gasteiger partial charge in [0.05, 0.1) is 11.7 Å². The minimum Gasteiger partial charge on any atom is -0.455 e. The lowest BCUT2D eigenvalue weighted by atomic mass is 9.78. The van der Waals surface area contributed by atoms with Gasteiger partial charge < -0.3 is 13.7 Å². The van der Waals surface area contributed by atoms with Gasteiger partial charge in [-0.15, -0.1) is 0 Å². The van der Waals surface area contributed by atoms with E-state index in [0.29, 0.717) is 0 Å². The van der Waals surface area contributed by atoms with Crippen LogP contribution in [0.1, 0.15) is 20.8 Å². The molecule has 0 radical (unpaired) electrons. The van der Waals surface area contributed by atoms with Gasteiger partial charge in [0.25, 0.3) is 0 Å². The van der Waals surface area contributed by atoms with Gasteiger partial charge >= 0.3 is 7.12 Å². The first kappa shape index (κ1) is 15.0. The molecule has 1 fully saturated rings. The second kappa shape index (κ2) is 5.10. The fourth-order valence-corrected chi connectivity index (χ4v) is 3.57. The highest BCUT2D eigenvalue weighted by Gasteiger charge is 2.43. The zero-order valence-corrected chi connectivity index (χ0v) is 14.6. The summed E-state index contributed by atoms with van der Waals surface area (Å²) in [6.07, 6.45) is 0.0612. The van der Waals surface area contributed by atoms with Gasteiger partial charge in [0.1, 0.15) is 11.2 Å². The highest BCUT2D eigenvalue weighted by molar-refractivity contribution is 6.62. The molecule has 1 aliphatic heterocycles. The van der Waals surface area contributed by atoms with Crippen molar-refractivity contribution in [2.45, 2.75) is 32.5 Å². The van der Waals surface area contributed by atoms with Gasteiger partial charge in [0.2, 0.25) is 0 Å². The first-order valence-corrected chi connectivity index (χ1v) is 8.70. The second-order valence-electron chi connectivity index (χ2n) is 7.35. The van der Waals surface area contributed by atoms with Crippen LogP contribution in [0.4, 0.5) is 0 Å². The smallest absolute Gasteiger partial charge is 0.455 e. The lowest BCUT2D eigenvalue weighted by molar-refractivity contribution is 0.0842. The van der Waals surface area contributed by atoms with Crippen molar-refractivity contribution < 1.29 is 13.7 Å². The van der Waals surface area contributed by atoms with E-state index in [2.05, 4.69) is 57.2 Å². The molecule has 0 bridgehead atoms.